The van der Waals surface area contributed by atoms with Gasteiger partial charge in [-0.25, -0.2) is 0 Å². The van der Waals surface area contributed by atoms with Crippen LogP contribution in [0.3, 0.4) is 0 Å². The van der Waals surface area contributed by atoms with Gasteiger partial charge in [0.25, 0.3) is 0 Å². The first kappa shape index (κ1) is 65.1. The molecule has 0 aliphatic rings. The second kappa shape index (κ2) is 36.0. The summed E-state index contributed by atoms with van der Waals surface area (Å²) >= 11 is 0. The summed E-state index contributed by atoms with van der Waals surface area (Å²) in [5.74, 6) is -6.02. The molecule has 0 saturated heterocycles. The van der Waals surface area contributed by atoms with Gasteiger partial charge in [-0.05, 0) is 81.8 Å². The van der Waals surface area contributed by atoms with Crippen molar-refractivity contribution < 1.29 is 48.6 Å². The van der Waals surface area contributed by atoms with E-state index >= 15 is 0 Å². The standard InChI is InChI=1S/C52H84N14O10/c53-36(25-27-43(68)69)46(73)63-38(22-16-30-61-50(55)56)48(75)65-40(32-34-18-10-8-11-19-34)42(67)24-14-6-4-2-1-3-5-7-15-29-52(59,60)45(72)41(33-35-20-12-9-13-21-35)66-49(76)39(23-17-31-62-51(57)58)64-47(74)37(54)26-28-44(70)71/h8-13,18-21,36-41H,1-7,14-17,22-33,53-54,59-60H2,(H,63,73)(H,64,74)(H,65,75)(H,66,76)(H,68,69)(H,70,71)(H4,55,56,61)(H4,57,58,62)/t36-,37-,38-,39-,40-,41-/m0/s1. The third-order valence-electron chi connectivity index (χ3n) is 12.5. The summed E-state index contributed by atoms with van der Waals surface area (Å²) in [6.07, 6.45) is 7.63. The molecule has 2 aromatic carbocycles. The summed E-state index contributed by atoms with van der Waals surface area (Å²) in [5, 5.41) is 28.9. The second-order valence-electron chi connectivity index (χ2n) is 19.2. The Hall–Kier alpha value is -7.02. The first-order valence-corrected chi connectivity index (χ1v) is 26.1. The van der Waals surface area contributed by atoms with E-state index in [2.05, 4.69) is 31.3 Å². The fraction of sp³-hybridized carbons (Fsp3) is 0.577. The number of aliphatic carboxylic acids is 2. The molecule has 24 heteroatoms. The molecule has 0 spiro atoms. The number of carbonyl (C=O) groups is 8. The zero-order valence-corrected chi connectivity index (χ0v) is 43.7. The molecule has 0 heterocycles. The van der Waals surface area contributed by atoms with Crippen LogP contribution in [0.1, 0.15) is 133 Å². The average Bonchev–Trinajstić information content (AvgIpc) is 3.37. The summed E-state index contributed by atoms with van der Waals surface area (Å²) < 4.78 is 0. The van der Waals surface area contributed by atoms with Crippen LogP contribution >= 0.6 is 0 Å². The van der Waals surface area contributed by atoms with E-state index in [9.17, 15) is 38.4 Å². The number of benzene rings is 2. The number of ketones is 2. The molecule has 0 saturated carbocycles. The van der Waals surface area contributed by atoms with Gasteiger partial charge in [-0.1, -0.05) is 106 Å². The Balaban J connectivity index is 1.95. The third-order valence-corrected chi connectivity index (χ3v) is 12.5. The highest BCUT2D eigenvalue weighted by atomic mass is 16.4. The molecule has 2 aromatic rings. The van der Waals surface area contributed by atoms with Crippen LogP contribution in [0, 0.1) is 0 Å². The number of carbonyl (C=O) groups excluding carboxylic acids is 6. The van der Waals surface area contributed by atoms with Gasteiger partial charge in [-0.3, -0.25) is 48.3 Å². The van der Waals surface area contributed by atoms with Crippen LogP contribution in [0.4, 0.5) is 0 Å². The second-order valence-corrected chi connectivity index (χ2v) is 19.2. The molecule has 0 aliphatic heterocycles. The molecule has 0 aromatic heterocycles. The van der Waals surface area contributed by atoms with Crippen molar-refractivity contribution in [3.63, 3.8) is 0 Å². The van der Waals surface area contributed by atoms with Gasteiger partial charge in [0.2, 0.25) is 23.6 Å². The molecule has 422 valence electrons. The minimum absolute atomic E-state index is 0.0635. The number of aliphatic imine (C=N–C) groups is 2. The van der Waals surface area contributed by atoms with E-state index in [4.69, 9.17) is 56.1 Å². The summed E-state index contributed by atoms with van der Waals surface area (Å²) in [5.41, 5.74) is 46.3. The van der Waals surface area contributed by atoms with Gasteiger partial charge in [0.15, 0.2) is 23.5 Å². The van der Waals surface area contributed by atoms with Crippen molar-refractivity contribution in [2.24, 2.45) is 55.9 Å². The molecule has 6 atom stereocenters. The number of carboxylic acid groups (broad SMARTS) is 2. The summed E-state index contributed by atoms with van der Waals surface area (Å²) in [6, 6.07) is 11.5. The normalized spacial score (nSPS) is 13.6. The van der Waals surface area contributed by atoms with Crippen LogP contribution in [-0.4, -0.2) is 124 Å². The van der Waals surface area contributed by atoms with Crippen molar-refractivity contribution in [2.45, 2.75) is 177 Å². The molecule has 4 amide bonds. The molecule has 2 rings (SSSR count). The Morgan fingerprint density at radius 1 is 0.461 bits per heavy atom. The summed E-state index contributed by atoms with van der Waals surface area (Å²) in [7, 11) is 0. The maximum atomic E-state index is 14.1. The molecule has 0 radical (unpaired) electrons. The number of unbranched alkanes of at least 4 members (excludes halogenated alkanes) is 8. The van der Waals surface area contributed by atoms with E-state index in [1.54, 1.807) is 24.3 Å². The number of Topliss-reactive ketones (excluding diaryl/α,β-unsaturated/α-hetero) is 2. The van der Waals surface area contributed by atoms with Crippen LogP contribution < -0.4 is 67.1 Å². The van der Waals surface area contributed by atoms with E-state index in [1.807, 2.05) is 36.4 Å². The van der Waals surface area contributed by atoms with Crippen molar-refractivity contribution >= 4 is 59.1 Å². The Morgan fingerprint density at radius 3 is 1.24 bits per heavy atom. The Kier molecular flexibility index (Phi) is 30.9. The number of amides is 4. The van der Waals surface area contributed by atoms with Crippen LogP contribution in [0.15, 0.2) is 70.6 Å². The largest absolute Gasteiger partial charge is 0.481 e. The van der Waals surface area contributed by atoms with Crippen LogP contribution in [-0.2, 0) is 51.2 Å². The van der Waals surface area contributed by atoms with Gasteiger partial charge in [0.1, 0.15) is 17.7 Å². The molecule has 22 N–H and O–H groups in total. The Morgan fingerprint density at radius 2 is 0.829 bits per heavy atom. The van der Waals surface area contributed by atoms with Gasteiger partial charge in [-0.2, -0.15) is 0 Å². The molecule has 0 aliphatic carbocycles. The topological polar surface area (TPSA) is 458 Å². The van der Waals surface area contributed by atoms with Crippen molar-refractivity contribution in [1.82, 2.24) is 21.3 Å². The molecular weight excluding hydrogens is 981 g/mol. The predicted octanol–water partition coefficient (Wildman–Crippen LogP) is -0.0546. The van der Waals surface area contributed by atoms with Gasteiger partial charge < -0.3 is 77.3 Å². The van der Waals surface area contributed by atoms with E-state index < -0.39 is 83.3 Å². The van der Waals surface area contributed by atoms with Crippen molar-refractivity contribution in [1.29, 1.82) is 0 Å². The monoisotopic (exact) mass is 1060 g/mol. The highest BCUT2D eigenvalue weighted by molar-refractivity contribution is 5.97. The number of carboxylic acids is 2. The van der Waals surface area contributed by atoms with Gasteiger partial charge in [0.05, 0.1) is 24.2 Å². The van der Waals surface area contributed by atoms with Crippen molar-refractivity contribution in [3.05, 3.63) is 71.8 Å². The molecule has 76 heavy (non-hydrogen) atoms. The smallest absolute Gasteiger partial charge is 0.303 e. The number of hydrogen-bond acceptors (Lipinski definition) is 14. The number of hydrogen-bond donors (Lipinski definition) is 14. The highest BCUT2D eigenvalue weighted by Crippen LogP contribution is 2.18. The number of nitrogens with one attached hydrogen (secondary N) is 4. The lowest BCUT2D eigenvalue weighted by atomic mass is 9.90. The van der Waals surface area contributed by atoms with Gasteiger partial charge >= 0.3 is 11.9 Å². The fourth-order valence-electron chi connectivity index (χ4n) is 8.20. The average molecular weight is 1070 g/mol. The first-order valence-electron chi connectivity index (χ1n) is 26.1. The lowest BCUT2D eigenvalue weighted by molar-refractivity contribution is -0.138. The van der Waals surface area contributed by atoms with Crippen LogP contribution in [0.5, 0.6) is 0 Å². The number of nitrogens with zero attached hydrogens (tertiary/aromatic N) is 2. The van der Waals surface area contributed by atoms with Gasteiger partial charge in [-0.15, -0.1) is 0 Å². The van der Waals surface area contributed by atoms with Crippen molar-refractivity contribution in [3.8, 4) is 0 Å². The van der Waals surface area contributed by atoms with E-state index in [0.29, 0.717) is 19.3 Å². The maximum Gasteiger partial charge on any atom is 0.303 e. The highest BCUT2D eigenvalue weighted by Gasteiger charge is 2.37. The van der Waals surface area contributed by atoms with E-state index in [-0.39, 0.29) is 101 Å². The quantitative estimate of drug-likeness (QED) is 0.0180. The van der Waals surface area contributed by atoms with E-state index in [1.165, 1.54) is 0 Å². The summed E-state index contributed by atoms with van der Waals surface area (Å²) in [6.45, 7) is 0.332. The summed E-state index contributed by atoms with van der Waals surface area (Å²) in [4.78, 5) is 111. The number of nitrogens with two attached hydrogens (primary N) is 8. The third kappa shape index (κ3) is 28.0. The molecule has 0 unspecified atom stereocenters. The molecule has 0 fully saturated rings. The van der Waals surface area contributed by atoms with Crippen molar-refractivity contribution in [2.75, 3.05) is 13.1 Å². The maximum absolute atomic E-state index is 14.1. The minimum atomic E-state index is -1.80. The predicted molar refractivity (Wildman–Crippen MR) is 289 cm³/mol. The Bertz CT molecular complexity index is 2190. The zero-order chi connectivity index (χ0) is 56.5. The lowest BCUT2D eigenvalue weighted by Gasteiger charge is -2.30. The van der Waals surface area contributed by atoms with Gasteiger partial charge in [0, 0.05) is 32.4 Å². The Labute approximate surface area is 445 Å². The van der Waals surface area contributed by atoms with Crippen LogP contribution in [0.2, 0.25) is 0 Å². The first-order chi connectivity index (χ1) is 36.1. The number of rotatable bonds is 41. The minimum Gasteiger partial charge on any atom is -0.481 e. The zero-order valence-electron chi connectivity index (χ0n) is 43.7. The molecular formula is C52H84N14O10. The fourth-order valence-corrected chi connectivity index (χ4v) is 8.20. The SMILES string of the molecule is NC(N)=NCCC[C@H](NC(=O)[C@@H](N)CCC(=O)O)C(=O)N[C@@H](Cc1ccccc1)C(=O)CCCCCCCCCCCC(N)(N)C(=O)[C@H](Cc1ccccc1)NC(=O)[C@H](CCCN=C(N)N)NC(=O)[C@@H](N)CCC(=O)O. The number of guanidine groups is 2. The lowest BCUT2D eigenvalue weighted by Crippen LogP contribution is -2.64. The van der Waals surface area contributed by atoms with E-state index in [0.717, 1.165) is 56.1 Å². The molecule has 24 nitrogen and oxygen atoms in total. The molecule has 0 bridgehead atoms. The van der Waals surface area contributed by atoms with Crippen LogP contribution in [0.25, 0.3) is 0 Å².